The highest BCUT2D eigenvalue weighted by atomic mass is 16.1. The van der Waals surface area contributed by atoms with Crippen LogP contribution in [-0.2, 0) is 6.54 Å². The number of carbonyl (C=O) groups is 1. The molecule has 0 spiro atoms. The molecule has 0 aromatic carbocycles. The third-order valence-corrected chi connectivity index (χ3v) is 3.11. The van der Waals surface area contributed by atoms with E-state index in [1.165, 1.54) is 19.0 Å². The lowest BCUT2D eigenvalue weighted by Gasteiger charge is -2.08. The second-order valence-corrected chi connectivity index (χ2v) is 4.68. The molecule has 0 unspecified atom stereocenters. The maximum atomic E-state index is 11.1. The van der Waals surface area contributed by atoms with Gasteiger partial charge in [-0.2, -0.15) is 5.10 Å². The molecule has 1 aliphatic carbocycles. The summed E-state index contributed by atoms with van der Waals surface area (Å²) < 4.78 is 1.59. The molecule has 1 amide bonds. The number of pyridine rings is 1. The summed E-state index contributed by atoms with van der Waals surface area (Å²) in [6.45, 7) is 0.750. The Kier molecular flexibility index (Phi) is 3.00. The molecule has 1 saturated carbocycles. The van der Waals surface area contributed by atoms with Gasteiger partial charge in [0.05, 0.1) is 11.8 Å². The smallest absolute Gasteiger partial charge is 0.251 e. The molecule has 1 aliphatic rings. The van der Waals surface area contributed by atoms with Crippen LogP contribution >= 0.6 is 0 Å². The Morgan fingerprint density at radius 3 is 3.05 bits per heavy atom. The number of nitrogens with one attached hydrogen (secondary N) is 1. The predicted molar refractivity (Wildman–Crippen MR) is 69.7 cm³/mol. The summed E-state index contributed by atoms with van der Waals surface area (Å²) in [6, 6.07) is 4.53. The van der Waals surface area contributed by atoms with Gasteiger partial charge in [0.15, 0.2) is 5.82 Å². The Balaban J connectivity index is 1.86. The summed E-state index contributed by atoms with van der Waals surface area (Å²) >= 11 is 0. The Labute approximate surface area is 110 Å². The summed E-state index contributed by atoms with van der Waals surface area (Å²) in [4.78, 5) is 15.4. The van der Waals surface area contributed by atoms with Crippen LogP contribution in [0.3, 0.4) is 0 Å². The van der Waals surface area contributed by atoms with Gasteiger partial charge < -0.3 is 11.1 Å². The van der Waals surface area contributed by atoms with Crippen LogP contribution in [0.4, 0.5) is 0 Å². The van der Waals surface area contributed by atoms with Crippen LogP contribution in [0.25, 0.3) is 5.82 Å². The van der Waals surface area contributed by atoms with Gasteiger partial charge >= 0.3 is 0 Å². The zero-order valence-corrected chi connectivity index (χ0v) is 10.4. The normalized spacial score (nSPS) is 14.5. The number of hydrogen-bond donors (Lipinski definition) is 2. The monoisotopic (exact) mass is 257 g/mol. The summed E-state index contributed by atoms with van der Waals surface area (Å²) in [5.41, 5.74) is 6.66. The number of aromatic nitrogens is 3. The predicted octanol–water partition coefficient (Wildman–Crippen LogP) is 0.618. The highest BCUT2D eigenvalue weighted by Gasteiger charge is 2.20. The molecule has 0 aliphatic heterocycles. The molecule has 2 heterocycles. The third-order valence-electron chi connectivity index (χ3n) is 3.11. The standard InChI is InChI=1S/C13H15N5O/c14-12(19)10-7-17-18(8-10)13-9(2-1-5-15-13)6-16-11-3-4-11/h1-2,5,7-8,11,16H,3-4,6H2,(H2,14,19). The minimum Gasteiger partial charge on any atom is -0.366 e. The van der Waals surface area contributed by atoms with Crippen LogP contribution in [0.1, 0.15) is 28.8 Å². The molecule has 19 heavy (non-hydrogen) atoms. The van der Waals surface area contributed by atoms with Crippen LogP contribution in [0.2, 0.25) is 0 Å². The van der Waals surface area contributed by atoms with Crippen molar-refractivity contribution < 1.29 is 4.79 Å². The Bertz CT molecular complexity index is 603. The highest BCUT2D eigenvalue weighted by Crippen LogP contribution is 2.20. The molecule has 3 rings (SSSR count). The van der Waals surface area contributed by atoms with Gasteiger partial charge in [0.25, 0.3) is 5.91 Å². The van der Waals surface area contributed by atoms with Gasteiger partial charge in [0.1, 0.15) is 0 Å². The van der Waals surface area contributed by atoms with Gasteiger partial charge in [-0.1, -0.05) is 6.07 Å². The van der Waals surface area contributed by atoms with Crippen molar-refractivity contribution in [1.82, 2.24) is 20.1 Å². The zero-order chi connectivity index (χ0) is 13.2. The van der Waals surface area contributed by atoms with Crippen LogP contribution in [0, 0.1) is 0 Å². The first-order valence-corrected chi connectivity index (χ1v) is 6.26. The molecule has 1 fully saturated rings. The number of amides is 1. The average molecular weight is 257 g/mol. The highest BCUT2D eigenvalue weighted by molar-refractivity contribution is 5.92. The first-order chi connectivity index (χ1) is 9.24. The largest absolute Gasteiger partial charge is 0.366 e. The van der Waals surface area contributed by atoms with Crippen molar-refractivity contribution in [3.05, 3.63) is 41.9 Å². The van der Waals surface area contributed by atoms with E-state index in [9.17, 15) is 4.79 Å². The maximum Gasteiger partial charge on any atom is 0.251 e. The van der Waals surface area contributed by atoms with Gasteiger partial charge in [-0.3, -0.25) is 4.79 Å². The second kappa shape index (κ2) is 4.81. The number of hydrogen-bond acceptors (Lipinski definition) is 4. The average Bonchev–Trinajstić information content (AvgIpc) is 3.11. The van der Waals surface area contributed by atoms with E-state index < -0.39 is 5.91 Å². The van der Waals surface area contributed by atoms with Crippen molar-refractivity contribution in [2.24, 2.45) is 5.73 Å². The molecular formula is C13H15N5O. The SMILES string of the molecule is NC(=O)c1cnn(-c2ncccc2CNC2CC2)c1. The quantitative estimate of drug-likeness (QED) is 0.822. The maximum absolute atomic E-state index is 11.1. The van der Waals surface area contributed by atoms with Crippen molar-refractivity contribution in [2.45, 2.75) is 25.4 Å². The minimum absolute atomic E-state index is 0.381. The molecule has 2 aromatic heterocycles. The zero-order valence-electron chi connectivity index (χ0n) is 10.4. The lowest BCUT2D eigenvalue weighted by Crippen LogP contribution is -2.17. The van der Waals surface area contributed by atoms with Crippen molar-refractivity contribution >= 4 is 5.91 Å². The van der Waals surface area contributed by atoms with Crippen molar-refractivity contribution in [3.8, 4) is 5.82 Å². The van der Waals surface area contributed by atoms with Gasteiger partial charge in [-0.15, -0.1) is 0 Å². The van der Waals surface area contributed by atoms with E-state index in [1.807, 2.05) is 12.1 Å². The van der Waals surface area contributed by atoms with Crippen LogP contribution in [0.15, 0.2) is 30.7 Å². The molecule has 2 aromatic rings. The molecule has 0 radical (unpaired) electrons. The first-order valence-electron chi connectivity index (χ1n) is 6.26. The van der Waals surface area contributed by atoms with E-state index in [4.69, 9.17) is 5.73 Å². The molecule has 98 valence electrons. The fourth-order valence-electron chi connectivity index (χ4n) is 1.88. The lowest BCUT2D eigenvalue weighted by atomic mass is 10.2. The summed E-state index contributed by atoms with van der Waals surface area (Å²) in [5, 5.41) is 7.58. The number of carbonyl (C=O) groups excluding carboxylic acids is 1. The van der Waals surface area contributed by atoms with Gasteiger partial charge in [-0.25, -0.2) is 9.67 Å². The minimum atomic E-state index is -0.486. The molecule has 6 heteroatoms. The van der Waals surface area contributed by atoms with E-state index in [-0.39, 0.29) is 0 Å². The van der Waals surface area contributed by atoms with Crippen molar-refractivity contribution in [3.63, 3.8) is 0 Å². The van der Waals surface area contributed by atoms with Crippen LogP contribution < -0.4 is 11.1 Å². The molecular weight excluding hydrogens is 242 g/mol. The third kappa shape index (κ3) is 2.63. The van der Waals surface area contributed by atoms with Crippen LogP contribution in [-0.4, -0.2) is 26.7 Å². The number of nitrogens with zero attached hydrogens (tertiary/aromatic N) is 3. The molecule has 6 nitrogen and oxygen atoms in total. The molecule has 0 bridgehead atoms. The summed E-state index contributed by atoms with van der Waals surface area (Å²) in [7, 11) is 0. The number of rotatable bonds is 5. The van der Waals surface area contributed by atoms with Gasteiger partial charge in [0, 0.05) is 30.5 Å². The van der Waals surface area contributed by atoms with Crippen molar-refractivity contribution in [2.75, 3.05) is 0 Å². The van der Waals surface area contributed by atoms with E-state index in [0.29, 0.717) is 11.6 Å². The molecule has 3 N–H and O–H groups in total. The fraction of sp³-hybridized carbons (Fsp3) is 0.308. The Morgan fingerprint density at radius 1 is 1.53 bits per heavy atom. The van der Waals surface area contributed by atoms with Gasteiger partial charge in [0.2, 0.25) is 0 Å². The first kappa shape index (κ1) is 11.9. The second-order valence-electron chi connectivity index (χ2n) is 4.68. The van der Waals surface area contributed by atoms with E-state index >= 15 is 0 Å². The Hall–Kier alpha value is -2.21. The molecule has 0 saturated heterocycles. The Morgan fingerprint density at radius 2 is 2.37 bits per heavy atom. The number of nitrogens with two attached hydrogens (primary N) is 1. The van der Waals surface area contributed by atoms with E-state index in [1.54, 1.807) is 17.1 Å². The summed E-state index contributed by atoms with van der Waals surface area (Å²) in [6.07, 6.45) is 7.24. The lowest BCUT2D eigenvalue weighted by molar-refractivity contribution is 0.100. The fourth-order valence-corrected chi connectivity index (χ4v) is 1.88. The topological polar surface area (TPSA) is 85.8 Å². The number of primary amides is 1. The van der Waals surface area contributed by atoms with Gasteiger partial charge in [-0.05, 0) is 18.9 Å². The van der Waals surface area contributed by atoms with Crippen LogP contribution in [0.5, 0.6) is 0 Å². The summed E-state index contributed by atoms with van der Waals surface area (Å²) in [5.74, 6) is 0.239. The van der Waals surface area contributed by atoms with E-state index in [2.05, 4.69) is 15.4 Å². The van der Waals surface area contributed by atoms with E-state index in [0.717, 1.165) is 17.9 Å². The van der Waals surface area contributed by atoms with Crippen molar-refractivity contribution in [1.29, 1.82) is 0 Å². The molecule has 0 atom stereocenters.